The van der Waals surface area contributed by atoms with Gasteiger partial charge in [-0.2, -0.15) is 10.4 Å². The molecule has 178 valence electrons. The third-order valence-electron chi connectivity index (χ3n) is 5.87. The number of hydrogen-bond donors (Lipinski definition) is 2. The minimum atomic E-state index is -0.787. The molecular formula is C24H23N7O4. The molecule has 11 nitrogen and oxygen atoms in total. The highest BCUT2D eigenvalue weighted by Crippen LogP contribution is 2.39. The lowest BCUT2D eigenvalue weighted by Gasteiger charge is -2.26. The topological polar surface area (TPSA) is 152 Å². The van der Waals surface area contributed by atoms with Gasteiger partial charge in [-0.25, -0.2) is 4.98 Å². The van der Waals surface area contributed by atoms with Crippen molar-refractivity contribution in [1.82, 2.24) is 24.5 Å². The van der Waals surface area contributed by atoms with Gasteiger partial charge in [0.15, 0.2) is 5.69 Å². The maximum absolute atomic E-state index is 12.9. The number of nitrogens with one attached hydrogen (secondary N) is 1. The zero-order chi connectivity index (χ0) is 25.1. The van der Waals surface area contributed by atoms with Gasteiger partial charge in [-0.1, -0.05) is 30.3 Å². The molecule has 2 N–H and O–H groups in total. The van der Waals surface area contributed by atoms with Crippen molar-refractivity contribution in [1.29, 1.82) is 5.26 Å². The third-order valence-corrected chi connectivity index (χ3v) is 5.87. The summed E-state index contributed by atoms with van der Waals surface area (Å²) in [5.74, 6) is -2.21. The zero-order valence-corrected chi connectivity index (χ0v) is 19.3. The fraction of sp³-hybridized carbons (Fsp3) is 0.250. The highest BCUT2D eigenvalue weighted by molar-refractivity contribution is 6.04. The Labute approximate surface area is 200 Å². The Morgan fingerprint density at radius 2 is 2.09 bits per heavy atom. The van der Waals surface area contributed by atoms with Crippen LogP contribution in [0.4, 0.5) is 5.69 Å². The second-order valence-corrected chi connectivity index (χ2v) is 7.99. The van der Waals surface area contributed by atoms with E-state index in [1.54, 1.807) is 23.0 Å². The number of aromatic nitrogens is 5. The molecule has 3 aromatic heterocycles. The van der Waals surface area contributed by atoms with Gasteiger partial charge in [0.25, 0.3) is 11.5 Å². The number of aromatic hydroxyl groups is 1. The van der Waals surface area contributed by atoms with Gasteiger partial charge in [0.1, 0.15) is 17.8 Å². The molecule has 0 aliphatic rings. The molecule has 4 aromatic rings. The number of benzene rings is 1. The highest BCUT2D eigenvalue weighted by Gasteiger charge is 2.31. The predicted molar refractivity (Wildman–Crippen MR) is 125 cm³/mol. The van der Waals surface area contributed by atoms with Gasteiger partial charge in [-0.15, -0.1) is 0 Å². The van der Waals surface area contributed by atoms with Gasteiger partial charge in [0, 0.05) is 31.6 Å². The molecule has 0 saturated carbocycles. The predicted octanol–water partition coefficient (Wildman–Crippen LogP) is 2.75. The number of aryl methyl sites for hydroxylation is 1. The molecule has 0 saturated heterocycles. The molecular weight excluding hydrogens is 450 g/mol. The monoisotopic (exact) mass is 473 g/mol. The van der Waals surface area contributed by atoms with E-state index in [1.807, 2.05) is 32.2 Å². The normalized spacial score (nSPS) is 12.6. The van der Waals surface area contributed by atoms with Crippen LogP contribution in [0.3, 0.4) is 0 Å². The highest BCUT2D eigenvalue weighted by atomic mass is 16.5. The molecule has 0 aliphatic heterocycles. The van der Waals surface area contributed by atoms with Crippen LogP contribution >= 0.6 is 0 Å². The van der Waals surface area contributed by atoms with E-state index in [4.69, 9.17) is 4.52 Å². The van der Waals surface area contributed by atoms with Gasteiger partial charge in [-0.3, -0.25) is 18.8 Å². The Bertz CT molecular complexity index is 1460. The van der Waals surface area contributed by atoms with E-state index in [-0.39, 0.29) is 11.5 Å². The summed E-state index contributed by atoms with van der Waals surface area (Å²) in [6.45, 7) is 4.47. The first-order valence-corrected chi connectivity index (χ1v) is 10.9. The van der Waals surface area contributed by atoms with E-state index in [0.717, 1.165) is 11.1 Å². The molecule has 2 atom stereocenters. The lowest BCUT2D eigenvalue weighted by Crippen LogP contribution is -2.29. The van der Waals surface area contributed by atoms with Crippen LogP contribution in [0.25, 0.3) is 0 Å². The Morgan fingerprint density at radius 3 is 2.74 bits per heavy atom. The molecule has 0 unspecified atom stereocenters. The molecule has 11 heteroatoms. The van der Waals surface area contributed by atoms with Crippen LogP contribution in [0.5, 0.6) is 5.75 Å². The Kier molecular flexibility index (Phi) is 6.46. The second-order valence-electron chi connectivity index (χ2n) is 7.99. The SMILES string of the molecule is CCn1cc([C@H](c2ccccc2C#N)[C@@H](C)c2nc(C(=O)Nc3cnoc3)c(O)c(=O)n2C)cn1. The van der Waals surface area contributed by atoms with Crippen molar-refractivity contribution in [2.24, 2.45) is 7.05 Å². The molecule has 1 amide bonds. The van der Waals surface area contributed by atoms with Crippen molar-refractivity contribution < 1.29 is 14.4 Å². The number of rotatable bonds is 7. The Hall–Kier alpha value is -4.72. The van der Waals surface area contributed by atoms with Crippen LogP contribution in [0.15, 0.2) is 58.4 Å². The smallest absolute Gasteiger partial charge is 0.296 e. The maximum atomic E-state index is 12.9. The van der Waals surface area contributed by atoms with E-state index >= 15 is 0 Å². The molecule has 1 aromatic carbocycles. The number of nitrogens with zero attached hydrogens (tertiary/aromatic N) is 6. The molecule has 3 heterocycles. The maximum Gasteiger partial charge on any atom is 0.296 e. The Morgan fingerprint density at radius 1 is 1.31 bits per heavy atom. The molecule has 4 rings (SSSR count). The van der Waals surface area contributed by atoms with Crippen molar-refractivity contribution >= 4 is 11.6 Å². The van der Waals surface area contributed by atoms with Crippen molar-refractivity contribution in [3.63, 3.8) is 0 Å². The third kappa shape index (κ3) is 4.41. The summed E-state index contributed by atoms with van der Waals surface area (Å²) >= 11 is 0. The summed E-state index contributed by atoms with van der Waals surface area (Å²) in [6.07, 6.45) is 6.09. The first-order valence-electron chi connectivity index (χ1n) is 10.9. The van der Waals surface area contributed by atoms with Crippen molar-refractivity contribution in [3.8, 4) is 11.8 Å². The number of hydrogen-bond acceptors (Lipinski definition) is 8. The lowest BCUT2D eigenvalue weighted by atomic mass is 9.80. The minimum Gasteiger partial charge on any atom is -0.501 e. The molecule has 0 spiro atoms. The van der Waals surface area contributed by atoms with Crippen LogP contribution in [-0.4, -0.2) is 35.5 Å². The largest absolute Gasteiger partial charge is 0.501 e. The van der Waals surface area contributed by atoms with E-state index in [0.29, 0.717) is 12.1 Å². The number of anilines is 1. The fourth-order valence-electron chi connectivity index (χ4n) is 4.10. The second kappa shape index (κ2) is 9.64. The number of carbonyl (C=O) groups is 1. The van der Waals surface area contributed by atoms with Gasteiger partial charge < -0.3 is 14.9 Å². The summed E-state index contributed by atoms with van der Waals surface area (Å²) in [5, 5.41) is 30.6. The number of amides is 1. The minimum absolute atomic E-state index is 0.249. The fourth-order valence-corrected chi connectivity index (χ4v) is 4.10. The van der Waals surface area contributed by atoms with E-state index in [1.165, 1.54) is 24.1 Å². The summed E-state index contributed by atoms with van der Waals surface area (Å²) in [6, 6.07) is 9.41. The quantitative estimate of drug-likeness (QED) is 0.416. The summed E-state index contributed by atoms with van der Waals surface area (Å²) in [4.78, 5) is 30.1. The van der Waals surface area contributed by atoms with Crippen molar-refractivity contribution in [2.75, 3.05) is 5.32 Å². The average molecular weight is 473 g/mol. The van der Waals surface area contributed by atoms with Crippen LogP contribution in [0.2, 0.25) is 0 Å². The molecule has 35 heavy (non-hydrogen) atoms. The summed E-state index contributed by atoms with van der Waals surface area (Å²) < 4.78 is 7.68. The van der Waals surface area contributed by atoms with Gasteiger partial charge in [0.05, 0.1) is 24.0 Å². The number of carbonyl (C=O) groups excluding carboxylic acids is 1. The summed E-state index contributed by atoms with van der Waals surface area (Å²) in [5.41, 5.74) is 1.08. The van der Waals surface area contributed by atoms with Crippen LogP contribution in [0.1, 0.15) is 58.7 Å². The standard InChI is InChI=1S/C24H23N7O4/c1-4-31-12-16(10-26-31)19(18-8-6-5-7-15(18)9-25)14(2)22-29-20(21(32)24(34)30(22)3)23(33)28-17-11-27-35-13-17/h5-8,10-14,19,32H,4H2,1-3H3,(H,28,33)/t14-,19-/m1/s1. The molecule has 0 bridgehead atoms. The van der Waals surface area contributed by atoms with Crippen LogP contribution in [0, 0.1) is 11.3 Å². The molecule has 0 radical (unpaired) electrons. The van der Waals surface area contributed by atoms with Crippen LogP contribution < -0.4 is 10.9 Å². The van der Waals surface area contributed by atoms with E-state index in [2.05, 4.69) is 26.6 Å². The van der Waals surface area contributed by atoms with Gasteiger partial charge in [-0.05, 0) is 24.1 Å². The molecule has 0 fully saturated rings. The van der Waals surface area contributed by atoms with Gasteiger partial charge in [0.2, 0.25) is 5.75 Å². The van der Waals surface area contributed by atoms with Crippen molar-refractivity contribution in [2.45, 2.75) is 32.2 Å². The van der Waals surface area contributed by atoms with Crippen LogP contribution in [-0.2, 0) is 13.6 Å². The lowest BCUT2D eigenvalue weighted by molar-refractivity contribution is 0.101. The number of nitriles is 1. The van der Waals surface area contributed by atoms with Gasteiger partial charge >= 0.3 is 0 Å². The zero-order valence-electron chi connectivity index (χ0n) is 19.3. The van der Waals surface area contributed by atoms with Crippen molar-refractivity contribution in [3.05, 3.63) is 87.7 Å². The molecule has 0 aliphatic carbocycles. The first-order chi connectivity index (χ1) is 16.8. The van der Waals surface area contributed by atoms with E-state index < -0.39 is 34.7 Å². The average Bonchev–Trinajstić information content (AvgIpc) is 3.55. The Balaban J connectivity index is 1.85. The van der Waals surface area contributed by atoms with E-state index in [9.17, 15) is 20.0 Å². The first kappa shape index (κ1) is 23.4. The summed E-state index contributed by atoms with van der Waals surface area (Å²) in [7, 11) is 1.48.